The molecule has 3 rings (SSSR count). The molecule has 0 radical (unpaired) electrons. The minimum atomic E-state index is -0.389. The Hall–Kier alpha value is -2.55. The maximum Gasteiger partial charge on any atom is 0.319 e. The number of esters is 1. The van der Waals surface area contributed by atoms with E-state index in [1.807, 2.05) is 6.92 Å². The van der Waals surface area contributed by atoms with Crippen LogP contribution in [0.2, 0.25) is 0 Å². The molecule has 0 amide bonds. The molecule has 9 heteroatoms. The van der Waals surface area contributed by atoms with E-state index < -0.39 is 0 Å². The molecule has 2 aromatic heterocycles. The maximum atomic E-state index is 13.9. The minimum absolute atomic E-state index is 0.207. The number of carbonyl (C=O) groups excluding carboxylic acids is 1. The molecule has 0 spiro atoms. The Morgan fingerprint density at radius 2 is 2.16 bits per heavy atom. The third-order valence-electron chi connectivity index (χ3n) is 3.63. The zero-order chi connectivity index (χ0) is 17.8. The van der Waals surface area contributed by atoms with Gasteiger partial charge in [-0.25, -0.2) is 19.0 Å². The van der Waals surface area contributed by atoms with Crippen molar-refractivity contribution in [2.24, 2.45) is 0 Å². The van der Waals surface area contributed by atoms with E-state index in [-0.39, 0.29) is 23.6 Å². The molecule has 0 aliphatic rings. The van der Waals surface area contributed by atoms with Crippen LogP contribution in [0.1, 0.15) is 18.9 Å². The predicted molar refractivity (Wildman–Crippen MR) is 90.6 cm³/mol. The normalized spacial score (nSPS) is 12.3. The highest BCUT2D eigenvalue weighted by atomic mass is 32.2. The first-order valence-electron chi connectivity index (χ1n) is 7.66. The zero-order valence-electron chi connectivity index (χ0n) is 13.7. The molecule has 0 bridgehead atoms. The van der Waals surface area contributed by atoms with Crippen molar-refractivity contribution in [3.63, 3.8) is 0 Å². The molecular formula is C16H16FN5O2S. The summed E-state index contributed by atoms with van der Waals surface area (Å²) < 4.78 is 20.2. The van der Waals surface area contributed by atoms with Crippen molar-refractivity contribution in [1.29, 1.82) is 0 Å². The van der Waals surface area contributed by atoms with E-state index in [9.17, 15) is 9.18 Å². The second kappa shape index (κ2) is 7.56. The first-order chi connectivity index (χ1) is 12.1. The summed E-state index contributed by atoms with van der Waals surface area (Å²) in [5.41, 5.74) is 1.45. The molecule has 1 unspecified atom stereocenters. The fraction of sp³-hybridized carbons (Fsp3) is 0.312. The molecular weight excluding hydrogens is 345 g/mol. The molecule has 3 aromatic rings. The molecule has 0 N–H and O–H groups in total. The number of ether oxygens (including phenoxy) is 1. The minimum Gasteiger partial charge on any atom is -0.468 e. The van der Waals surface area contributed by atoms with Crippen LogP contribution in [0.4, 0.5) is 4.39 Å². The smallest absolute Gasteiger partial charge is 0.319 e. The second-order valence-corrected chi connectivity index (χ2v) is 6.42. The third kappa shape index (κ3) is 3.60. The van der Waals surface area contributed by atoms with Crippen molar-refractivity contribution in [2.45, 2.75) is 30.2 Å². The fourth-order valence-corrected chi connectivity index (χ4v) is 3.30. The van der Waals surface area contributed by atoms with Gasteiger partial charge in [-0.1, -0.05) is 42.1 Å². The molecule has 1 aromatic carbocycles. The molecule has 25 heavy (non-hydrogen) atoms. The van der Waals surface area contributed by atoms with Gasteiger partial charge in [-0.05, 0) is 12.5 Å². The van der Waals surface area contributed by atoms with E-state index in [1.165, 1.54) is 35.9 Å². The number of aromatic nitrogens is 5. The number of hydrogen-bond donors (Lipinski definition) is 0. The van der Waals surface area contributed by atoms with Gasteiger partial charge >= 0.3 is 5.97 Å². The Bertz CT molecular complexity index is 901. The lowest BCUT2D eigenvalue weighted by Crippen LogP contribution is -2.17. The first-order valence-corrected chi connectivity index (χ1v) is 8.54. The van der Waals surface area contributed by atoms with Crippen LogP contribution in [0.5, 0.6) is 0 Å². The van der Waals surface area contributed by atoms with Crippen LogP contribution in [0, 0.1) is 5.82 Å². The summed E-state index contributed by atoms with van der Waals surface area (Å²) in [6, 6.07) is 6.47. The van der Waals surface area contributed by atoms with Crippen molar-refractivity contribution < 1.29 is 13.9 Å². The Kier molecular flexibility index (Phi) is 5.22. The van der Waals surface area contributed by atoms with Crippen molar-refractivity contribution >= 4 is 28.9 Å². The third-order valence-corrected chi connectivity index (χ3v) is 4.97. The standard InChI is InChI=1S/C16H16FN5O2S/c1-3-12(16(23)24-2)25-15-13-14(18-9-19-15)22(21-20-13)8-10-6-4-5-7-11(10)17/h4-7,9,12H,3,8H2,1-2H3. The SMILES string of the molecule is CCC(Sc1ncnc2c1nnn2Cc1ccccc1F)C(=O)OC. The van der Waals surface area contributed by atoms with E-state index in [4.69, 9.17) is 4.74 Å². The first kappa shape index (κ1) is 17.3. The van der Waals surface area contributed by atoms with E-state index in [1.54, 1.807) is 18.2 Å². The van der Waals surface area contributed by atoms with Gasteiger partial charge in [0, 0.05) is 5.56 Å². The van der Waals surface area contributed by atoms with Crippen molar-refractivity contribution in [2.75, 3.05) is 7.11 Å². The number of hydrogen-bond acceptors (Lipinski definition) is 7. The van der Waals surface area contributed by atoms with Gasteiger partial charge in [0.15, 0.2) is 11.2 Å². The van der Waals surface area contributed by atoms with Gasteiger partial charge in [0.25, 0.3) is 0 Å². The molecule has 0 saturated carbocycles. The monoisotopic (exact) mass is 361 g/mol. The van der Waals surface area contributed by atoms with Crippen molar-refractivity contribution in [1.82, 2.24) is 25.0 Å². The lowest BCUT2D eigenvalue weighted by molar-refractivity contribution is -0.140. The van der Waals surface area contributed by atoms with Gasteiger partial charge in [-0.3, -0.25) is 4.79 Å². The Morgan fingerprint density at radius 1 is 1.36 bits per heavy atom. The second-order valence-electron chi connectivity index (χ2n) is 5.23. The molecule has 7 nitrogen and oxygen atoms in total. The summed E-state index contributed by atoms with van der Waals surface area (Å²) in [4.78, 5) is 20.2. The average Bonchev–Trinajstić information content (AvgIpc) is 3.04. The van der Waals surface area contributed by atoms with Crippen LogP contribution in [-0.4, -0.2) is 43.3 Å². The van der Waals surface area contributed by atoms with Gasteiger partial charge in [-0.15, -0.1) is 5.10 Å². The van der Waals surface area contributed by atoms with Crippen molar-refractivity contribution in [3.8, 4) is 0 Å². The van der Waals surface area contributed by atoms with Gasteiger partial charge in [-0.2, -0.15) is 0 Å². The number of benzene rings is 1. The topological polar surface area (TPSA) is 82.8 Å². The van der Waals surface area contributed by atoms with Crippen LogP contribution in [0.25, 0.3) is 11.2 Å². The van der Waals surface area contributed by atoms with E-state index in [2.05, 4.69) is 20.3 Å². The number of rotatable bonds is 6. The molecule has 0 saturated heterocycles. The van der Waals surface area contributed by atoms with Gasteiger partial charge < -0.3 is 4.74 Å². The van der Waals surface area contributed by atoms with E-state index in [0.717, 1.165) is 0 Å². The number of nitrogens with zero attached hydrogens (tertiary/aromatic N) is 5. The summed E-state index contributed by atoms with van der Waals surface area (Å²) in [5.74, 6) is -0.635. The molecule has 0 aliphatic heterocycles. The quantitative estimate of drug-likeness (QED) is 0.379. The van der Waals surface area contributed by atoms with E-state index >= 15 is 0 Å². The Balaban J connectivity index is 1.92. The summed E-state index contributed by atoms with van der Waals surface area (Å²) >= 11 is 1.26. The van der Waals surface area contributed by atoms with Crippen LogP contribution < -0.4 is 0 Å². The number of fused-ring (bicyclic) bond motifs is 1. The van der Waals surface area contributed by atoms with Gasteiger partial charge in [0.05, 0.1) is 13.7 Å². The fourth-order valence-electron chi connectivity index (χ4n) is 2.32. The number of carbonyl (C=O) groups is 1. The number of halogens is 1. The summed E-state index contributed by atoms with van der Waals surface area (Å²) in [5, 5.41) is 8.32. The van der Waals surface area contributed by atoms with Crippen LogP contribution >= 0.6 is 11.8 Å². The van der Waals surface area contributed by atoms with E-state index in [0.29, 0.717) is 28.2 Å². The van der Waals surface area contributed by atoms with Crippen LogP contribution in [-0.2, 0) is 16.1 Å². The van der Waals surface area contributed by atoms with Gasteiger partial charge in [0.2, 0.25) is 0 Å². The molecule has 1 atom stereocenters. The summed E-state index contributed by atoms with van der Waals surface area (Å²) in [7, 11) is 1.35. The largest absolute Gasteiger partial charge is 0.468 e. The maximum absolute atomic E-state index is 13.9. The molecule has 2 heterocycles. The van der Waals surface area contributed by atoms with Crippen molar-refractivity contribution in [3.05, 3.63) is 42.0 Å². The highest BCUT2D eigenvalue weighted by molar-refractivity contribution is 8.00. The number of methoxy groups -OCH3 is 1. The average molecular weight is 361 g/mol. The lowest BCUT2D eigenvalue weighted by atomic mass is 10.2. The van der Waals surface area contributed by atoms with Gasteiger partial charge in [0.1, 0.15) is 22.4 Å². The predicted octanol–water partition coefficient (Wildman–Crippen LogP) is 2.45. The lowest BCUT2D eigenvalue weighted by Gasteiger charge is -2.11. The summed E-state index contributed by atoms with van der Waals surface area (Å²) in [6.07, 6.45) is 1.97. The van der Waals surface area contributed by atoms with Crippen LogP contribution in [0.3, 0.4) is 0 Å². The highest BCUT2D eigenvalue weighted by Crippen LogP contribution is 2.29. The number of thioether (sulfide) groups is 1. The molecule has 0 fully saturated rings. The van der Waals surface area contributed by atoms with Crippen LogP contribution in [0.15, 0.2) is 35.6 Å². The molecule has 0 aliphatic carbocycles. The zero-order valence-corrected chi connectivity index (χ0v) is 14.5. The molecule has 130 valence electrons. The Labute approximate surface area is 147 Å². The summed E-state index contributed by atoms with van der Waals surface area (Å²) in [6.45, 7) is 2.10. The highest BCUT2D eigenvalue weighted by Gasteiger charge is 2.22. The Morgan fingerprint density at radius 3 is 2.88 bits per heavy atom.